The van der Waals surface area contributed by atoms with E-state index in [1.54, 1.807) is 23.2 Å². The van der Waals surface area contributed by atoms with Crippen molar-refractivity contribution in [3.05, 3.63) is 28.2 Å². The second kappa shape index (κ2) is 3.03. The average molecular weight is 245 g/mol. The van der Waals surface area contributed by atoms with Crippen LogP contribution in [0.2, 0.25) is 0 Å². The maximum absolute atomic E-state index is 5.16. The Hall–Kier alpha value is -0.610. The van der Waals surface area contributed by atoms with Crippen LogP contribution in [0.1, 0.15) is 0 Å². The summed E-state index contributed by atoms with van der Waals surface area (Å²) < 4.78 is 2.78. The van der Waals surface area contributed by atoms with Crippen molar-refractivity contribution in [2.75, 3.05) is 7.11 Å². The second-order valence-electron chi connectivity index (χ2n) is 2.35. The Balaban J connectivity index is 2.80. The third kappa shape index (κ3) is 1.21. The predicted molar refractivity (Wildman–Crippen MR) is 52.2 cm³/mol. The molecule has 0 aliphatic carbocycles. The van der Waals surface area contributed by atoms with Crippen molar-refractivity contribution >= 4 is 37.5 Å². The van der Waals surface area contributed by atoms with Gasteiger partial charge in [0.2, 0.25) is 6.20 Å². The van der Waals surface area contributed by atoms with E-state index in [-0.39, 0.29) is 0 Å². The summed E-state index contributed by atoms with van der Waals surface area (Å²) in [5.41, 5.74) is 0. The molecule has 12 heavy (non-hydrogen) atoms. The van der Waals surface area contributed by atoms with Crippen molar-refractivity contribution in [3.63, 3.8) is 0 Å². The fourth-order valence-corrected chi connectivity index (χ4v) is 2.36. The summed E-state index contributed by atoms with van der Waals surface area (Å²) in [5, 5.41) is 3.24. The highest BCUT2D eigenvalue weighted by Gasteiger charge is 2.11. The number of hydrogen-bond acceptors (Lipinski definition) is 2. The summed E-state index contributed by atoms with van der Waals surface area (Å²) in [4.78, 5) is 6.29. The first-order chi connectivity index (χ1) is 5.81. The molecule has 4 heteroatoms. The average Bonchev–Trinajstić information content (AvgIpc) is 2.50. The van der Waals surface area contributed by atoms with E-state index in [4.69, 9.17) is 4.84 Å². The number of nitrogens with zero attached hydrogens (tertiary/aromatic N) is 1. The fraction of sp³-hybridized carbons (Fsp3) is 0.125. The second-order valence-corrected chi connectivity index (χ2v) is 4.16. The SMILES string of the molecule is CO[n+]1cc(Br)cc2ccsc21. The van der Waals surface area contributed by atoms with Crippen molar-refractivity contribution < 1.29 is 9.57 Å². The number of halogens is 1. The van der Waals surface area contributed by atoms with Crippen molar-refractivity contribution in [2.45, 2.75) is 0 Å². The van der Waals surface area contributed by atoms with Crippen LogP contribution in [0.15, 0.2) is 28.2 Å². The molecule has 0 saturated heterocycles. The van der Waals surface area contributed by atoms with E-state index in [1.165, 1.54) is 5.39 Å². The largest absolute Gasteiger partial charge is 0.319 e. The van der Waals surface area contributed by atoms with Gasteiger partial charge in [-0.2, -0.15) is 0 Å². The fourth-order valence-electron chi connectivity index (χ4n) is 1.09. The normalized spacial score (nSPS) is 10.5. The molecule has 0 amide bonds. The predicted octanol–water partition coefficient (Wildman–Crippen LogP) is 2.01. The molecule has 0 unspecified atom stereocenters. The minimum atomic E-state index is 1.02. The van der Waals surface area contributed by atoms with Gasteiger partial charge in [0.1, 0.15) is 7.11 Å². The first-order valence-electron chi connectivity index (χ1n) is 3.44. The molecule has 0 fully saturated rings. The van der Waals surface area contributed by atoms with Crippen LogP contribution in [0.3, 0.4) is 0 Å². The lowest BCUT2D eigenvalue weighted by Gasteiger charge is -1.92. The van der Waals surface area contributed by atoms with Gasteiger partial charge in [-0.05, 0) is 33.4 Å². The number of thiophene rings is 1. The van der Waals surface area contributed by atoms with Crippen molar-refractivity contribution in [1.82, 2.24) is 0 Å². The molecule has 2 rings (SSSR count). The highest BCUT2D eigenvalue weighted by molar-refractivity contribution is 9.10. The van der Waals surface area contributed by atoms with E-state index in [9.17, 15) is 0 Å². The Morgan fingerprint density at radius 3 is 3.17 bits per heavy atom. The molecule has 62 valence electrons. The number of aromatic nitrogens is 1. The molecule has 2 heterocycles. The van der Waals surface area contributed by atoms with Gasteiger partial charge >= 0.3 is 4.83 Å². The zero-order valence-corrected chi connectivity index (χ0v) is 8.85. The molecule has 0 aliphatic heterocycles. The van der Waals surface area contributed by atoms with Gasteiger partial charge in [0.15, 0.2) is 0 Å². The summed E-state index contributed by atoms with van der Waals surface area (Å²) in [6.07, 6.45) is 1.90. The third-order valence-electron chi connectivity index (χ3n) is 1.61. The van der Waals surface area contributed by atoms with Crippen molar-refractivity contribution in [3.8, 4) is 0 Å². The minimum absolute atomic E-state index is 1.02. The first-order valence-corrected chi connectivity index (χ1v) is 5.11. The Morgan fingerprint density at radius 2 is 2.42 bits per heavy atom. The van der Waals surface area contributed by atoms with E-state index < -0.39 is 0 Å². The van der Waals surface area contributed by atoms with Crippen LogP contribution < -0.4 is 9.57 Å². The smallest absolute Gasteiger partial charge is 0.273 e. The van der Waals surface area contributed by atoms with E-state index in [0.29, 0.717) is 0 Å². The lowest BCUT2D eigenvalue weighted by molar-refractivity contribution is -0.864. The standard InChI is InChI=1S/C8H7BrNOS/c1-11-10-5-7(9)4-6-2-3-12-8(6)10/h2-5H,1H3/q+1. The van der Waals surface area contributed by atoms with Crippen molar-refractivity contribution in [1.29, 1.82) is 0 Å². The van der Waals surface area contributed by atoms with Gasteiger partial charge in [0, 0.05) is 4.73 Å². The van der Waals surface area contributed by atoms with Crippen LogP contribution >= 0.6 is 27.3 Å². The molecule has 0 bridgehead atoms. The maximum atomic E-state index is 5.16. The summed E-state index contributed by atoms with van der Waals surface area (Å²) in [5.74, 6) is 0. The van der Waals surface area contributed by atoms with E-state index in [2.05, 4.69) is 28.1 Å². The van der Waals surface area contributed by atoms with Crippen LogP contribution in [0.25, 0.3) is 10.2 Å². The van der Waals surface area contributed by atoms with E-state index >= 15 is 0 Å². The van der Waals surface area contributed by atoms with Crippen LogP contribution in [-0.4, -0.2) is 7.11 Å². The molecule has 0 saturated carbocycles. The van der Waals surface area contributed by atoms with E-state index in [1.807, 2.05) is 11.6 Å². The monoisotopic (exact) mass is 244 g/mol. The number of hydrogen-bond donors (Lipinski definition) is 0. The maximum Gasteiger partial charge on any atom is 0.319 e. The topological polar surface area (TPSA) is 13.1 Å². The number of rotatable bonds is 1. The first kappa shape index (κ1) is 8.01. The van der Waals surface area contributed by atoms with Gasteiger partial charge in [0.25, 0.3) is 0 Å². The molecule has 2 nitrogen and oxygen atoms in total. The van der Waals surface area contributed by atoms with Crippen molar-refractivity contribution in [2.24, 2.45) is 0 Å². The van der Waals surface area contributed by atoms with Gasteiger partial charge < -0.3 is 0 Å². The van der Waals surface area contributed by atoms with Crippen LogP contribution in [0, 0.1) is 0 Å². The van der Waals surface area contributed by atoms with Crippen LogP contribution in [-0.2, 0) is 0 Å². The summed E-state index contributed by atoms with van der Waals surface area (Å²) in [7, 11) is 1.66. The van der Waals surface area contributed by atoms with Gasteiger partial charge in [0.05, 0.1) is 9.86 Å². The quantitative estimate of drug-likeness (QED) is 0.700. The van der Waals surface area contributed by atoms with Gasteiger partial charge in [-0.1, -0.05) is 11.3 Å². The van der Waals surface area contributed by atoms with Gasteiger partial charge in [-0.15, -0.1) is 0 Å². The highest BCUT2D eigenvalue weighted by Crippen LogP contribution is 2.19. The number of fused-ring (bicyclic) bond motifs is 1. The lowest BCUT2D eigenvalue weighted by atomic mass is 10.3. The zero-order chi connectivity index (χ0) is 8.55. The summed E-state index contributed by atoms with van der Waals surface area (Å²) in [6, 6.07) is 4.14. The molecular formula is C8H7BrNOS+. The molecule has 0 radical (unpaired) electrons. The Bertz CT molecular complexity index is 412. The Morgan fingerprint density at radius 1 is 1.58 bits per heavy atom. The zero-order valence-electron chi connectivity index (χ0n) is 6.45. The molecule has 0 atom stereocenters. The number of pyridine rings is 1. The van der Waals surface area contributed by atoms with Crippen LogP contribution in [0.5, 0.6) is 0 Å². The molecule has 0 aliphatic rings. The Labute approximate surface area is 82.5 Å². The minimum Gasteiger partial charge on any atom is -0.273 e. The molecule has 0 aromatic carbocycles. The summed E-state index contributed by atoms with van der Waals surface area (Å²) >= 11 is 5.08. The molecule has 0 N–H and O–H groups in total. The molecule has 2 aromatic heterocycles. The molecule has 0 spiro atoms. The van der Waals surface area contributed by atoms with Gasteiger partial charge in [-0.25, -0.2) is 0 Å². The third-order valence-corrected chi connectivity index (χ3v) is 2.95. The Kier molecular flexibility index (Phi) is 2.02. The lowest BCUT2D eigenvalue weighted by Crippen LogP contribution is -2.40. The molecular weight excluding hydrogens is 238 g/mol. The van der Waals surface area contributed by atoms with Gasteiger partial charge in [-0.3, -0.25) is 4.84 Å². The molecule has 2 aromatic rings. The highest BCUT2D eigenvalue weighted by atomic mass is 79.9. The van der Waals surface area contributed by atoms with E-state index in [0.717, 1.165) is 9.30 Å². The van der Waals surface area contributed by atoms with Crippen LogP contribution in [0.4, 0.5) is 0 Å². The summed E-state index contributed by atoms with van der Waals surface area (Å²) in [6.45, 7) is 0.